The van der Waals surface area contributed by atoms with Crippen LogP contribution in [0, 0.1) is 6.92 Å². The van der Waals surface area contributed by atoms with Crippen LogP contribution in [0.4, 0.5) is 32.3 Å². The number of piperazine rings is 1. The highest BCUT2D eigenvalue weighted by Gasteiger charge is 2.22. The zero-order valence-electron chi connectivity index (χ0n) is 19.7. The van der Waals surface area contributed by atoms with E-state index in [2.05, 4.69) is 36.8 Å². The number of methoxy groups -OCH3 is 1. The van der Waals surface area contributed by atoms with Crippen molar-refractivity contribution < 1.29 is 14.3 Å². The topological polar surface area (TPSA) is 85.9 Å². The molecule has 1 heterocycles. The Morgan fingerprint density at radius 2 is 1.57 bits per heavy atom. The molecular weight excluding hydrogens is 510 g/mol. The minimum absolute atomic E-state index is 0.104. The Bertz CT molecular complexity index is 1190. The molecule has 8 nitrogen and oxygen atoms in total. The molecule has 3 N–H and O–H groups in total. The number of nitrogens with one attached hydrogen (secondary N) is 3. The van der Waals surface area contributed by atoms with Crippen molar-refractivity contribution >= 4 is 50.7 Å². The van der Waals surface area contributed by atoms with E-state index in [1.165, 1.54) is 0 Å². The van der Waals surface area contributed by atoms with Gasteiger partial charge in [0.1, 0.15) is 5.75 Å². The predicted molar refractivity (Wildman–Crippen MR) is 144 cm³/mol. The molecule has 0 aromatic heterocycles. The smallest absolute Gasteiger partial charge is 0.323 e. The first-order valence-electron chi connectivity index (χ1n) is 11.3. The first-order chi connectivity index (χ1) is 16.9. The molecule has 0 radical (unpaired) electrons. The van der Waals surface area contributed by atoms with E-state index in [0.717, 1.165) is 34.5 Å². The average Bonchev–Trinajstić information content (AvgIpc) is 2.86. The zero-order chi connectivity index (χ0) is 24.8. The van der Waals surface area contributed by atoms with Gasteiger partial charge in [0.2, 0.25) is 0 Å². The fourth-order valence-electron chi connectivity index (χ4n) is 3.88. The lowest BCUT2D eigenvalue weighted by Crippen LogP contribution is -2.50. The molecule has 4 amide bonds. The Morgan fingerprint density at radius 1 is 0.857 bits per heavy atom. The number of nitrogens with zero attached hydrogens (tertiary/aromatic N) is 2. The molecule has 3 aromatic carbocycles. The number of ether oxygens (including phenoxy) is 1. The summed E-state index contributed by atoms with van der Waals surface area (Å²) < 4.78 is 6.17. The van der Waals surface area contributed by atoms with Crippen LogP contribution in [0.15, 0.2) is 71.2 Å². The van der Waals surface area contributed by atoms with Gasteiger partial charge in [-0.2, -0.15) is 0 Å². The summed E-state index contributed by atoms with van der Waals surface area (Å²) in [7, 11) is 1.57. The molecule has 3 aromatic rings. The van der Waals surface area contributed by atoms with Crippen molar-refractivity contribution in [2.45, 2.75) is 6.92 Å². The molecule has 9 heteroatoms. The highest BCUT2D eigenvalue weighted by Crippen LogP contribution is 2.26. The highest BCUT2D eigenvalue weighted by molar-refractivity contribution is 9.10. The number of hydrogen-bond acceptors (Lipinski definition) is 4. The first kappa shape index (κ1) is 24.4. The van der Waals surface area contributed by atoms with Crippen molar-refractivity contribution in [3.8, 4) is 5.75 Å². The highest BCUT2D eigenvalue weighted by atomic mass is 79.9. The van der Waals surface area contributed by atoms with Crippen molar-refractivity contribution in [3.05, 3.63) is 76.8 Å². The number of aryl methyl sites for hydroxylation is 1. The van der Waals surface area contributed by atoms with E-state index in [-0.39, 0.29) is 12.1 Å². The van der Waals surface area contributed by atoms with Gasteiger partial charge in [-0.1, -0.05) is 18.2 Å². The predicted octanol–water partition coefficient (Wildman–Crippen LogP) is 5.76. The Hall–Kier alpha value is -3.72. The Kier molecular flexibility index (Phi) is 7.77. The number of urea groups is 2. The number of anilines is 4. The number of rotatable bonds is 5. The molecule has 0 aliphatic carbocycles. The molecule has 0 saturated carbocycles. The van der Waals surface area contributed by atoms with Crippen LogP contribution in [0.5, 0.6) is 5.75 Å². The summed E-state index contributed by atoms with van der Waals surface area (Å²) in [5.74, 6) is 0.602. The van der Waals surface area contributed by atoms with Gasteiger partial charge in [-0.05, 0) is 76.9 Å². The fraction of sp³-hybridized carbons (Fsp3) is 0.231. The number of halogens is 1. The normalized spacial score (nSPS) is 13.2. The van der Waals surface area contributed by atoms with Gasteiger partial charge in [0.05, 0.1) is 18.5 Å². The van der Waals surface area contributed by atoms with Crippen molar-refractivity contribution in [1.29, 1.82) is 0 Å². The SMILES string of the molecule is COc1ccc(C)cc1NC(=O)Nc1ccc(N2CCN(C(=O)Nc3ccccc3Br)CC2)cc1. The maximum atomic E-state index is 12.6. The molecule has 4 rings (SSSR count). The second-order valence-electron chi connectivity index (χ2n) is 8.21. The second-order valence-corrected chi connectivity index (χ2v) is 9.07. The summed E-state index contributed by atoms with van der Waals surface area (Å²) in [6.45, 7) is 4.65. The Balaban J connectivity index is 1.29. The molecule has 0 atom stereocenters. The molecule has 1 saturated heterocycles. The molecule has 1 aliphatic rings. The van der Waals surface area contributed by atoms with E-state index < -0.39 is 0 Å². The third kappa shape index (κ3) is 6.24. The van der Waals surface area contributed by atoms with Crippen LogP contribution in [-0.2, 0) is 0 Å². The summed E-state index contributed by atoms with van der Waals surface area (Å²) >= 11 is 3.46. The van der Waals surface area contributed by atoms with Crippen LogP contribution in [0.2, 0.25) is 0 Å². The number of para-hydroxylation sites is 1. The van der Waals surface area contributed by atoms with Gasteiger partial charge in [-0.15, -0.1) is 0 Å². The molecule has 35 heavy (non-hydrogen) atoms. The summed E-state index contributed by atoms with van der Waals surface area (Å²) in [6.07, 6.45) is 0. The van der Waals surface area contributed by atoms with Crippen LogP contribution >= 0.6 is 15.9 Å². The van der Waals surface area contributed by atoms with Gasteiger partial charge >= 0.3 is 12.1 Å². The summed E-state index contributed by atoms with van der Waals surface area (Å²) in [4.78, 5) is 29.1. The monoisotopic (exact) mass is 537 g/mol. The molecule has 0 bridgehead atoms. The minimum atomic E-state index is -0.341. The molecule has 1 fully saturated rings. The molecule has 1 aliphatic heterocycles. The number of benzene rings is 3. The minimum Gasteiger partial charge on any atom is -0.495 e. The summed E-state index contributed by atoms with van der Waals surface area (Å²) in [6, 6.07) is 20.4. The molecule has 0 spiro atoms. The van der Waals surface area contributed by atoms with Gasteiger partial charge < -0.3 is 30.5 Å². The average molecular weight is 538 g/mol. The second kappa shape index (κ2) is 11.1. The van der Waals surface area contributed by atoms with E-state index >= 15 is 0 Å². The van der Waals surface area contributed by atoms with Crippen LogP contribution in [0.3, 0.4) is 0 Å². The number of carbonyl (C=O) groups is 2. The van der Waals surface area contributed by atoms with Crippen molar-refractivity contribution in [3.63, 3.8) is 0 Å². The third-order valence-electron chi connectivity index (χ3n) is 5.78. The van der Waals surface area contributed by atoms with Crippen LogP contribution in [0.1, 0.15) is 5.56 Å². The van der Waals surface area contributed by atoms with Crippen molar-refractivity contribution in [2.75, 3.05) is 54.1 Å². The van der Waals surface area contributed by atoms with Gasteiger partial charge in [0.15, 0.2) is 0 Å². The molecule has 0 unspecified atom stereocenters. The lowest BCUT2D eigenvalue weighted by atomic mass is 10.2. The van der Waals surface area contributed by atoms with Gasteiger partial charge in [0, 0.05) is 42.0 Å². The summed E-state index contributed by atoms with van der Waals surface area (Å²) in [5.41, 5.74) is 4.12. The van der Waals surface area contributed by atoms with E-state index in [9.17, 15) is 9.59 Å². The Labute approximate surface area is 213 Å². The fourth-order valence-corrected chi connectivity index (χ4v) is 4.27. The van der Waals surface area contributed by atoms with Crippen molar-refractivity contribution in [2.24, 2.45) is 0 Å². The molecular formula is C26H28BrN5O3. The lowest BCUT2D eigenvalue weighted by molar-refractivity contribution is 0.208. The van der Waals surface area contributed by atoms with E-state index in [1.54, 1.807) is 7.11 Å². The number of amides is 4. The van der Waals surface area contributed by atoms with Crippen LogP contribution in [0.25, 0.3) is 0 Å². The third-order valence-corrected chi connectivity index (χ3v) is 6.47. The summed E-state index contributed by atoms with van der Waals surface area (Å²) in [5, 5.41) is 8.64. The van der Waals surface area contributed by atoms with Gasteiger partial charge in [-0.3, -0.25) is 0 Å². The van der Waals surface area contributed by atoms with Gasteiger partial charge in [-0.25, -0.2) is 9.59 Å². The van der Waals surface area contributed by atoms with E-state index in [0.29, 0.717) is 30.2 Å². The van der Waals surface area contributed by atoms with Gasteiger partial charge in [0.25, 0.3) is 0 Å². The first-order valence-corrected chi connectivity index (χ1v) is 12.1. The zero-order valence-corrected chi connectivity index (χ0v) is 21.3. The number of hydrogen-bond donors (Lipinski definition) is 3. The van der Waals surface area contributed by atoms with Crippen LogP contribution < -0.4 is 25.6 Å². The lowest BCUT2D eigenvalue weighted by Gasteiger charge is -2.36. The quantitative estimate of drug-likeness (QED) is 0.386. The maximum Gasteiger partial charge on any atom is 0.323 e. The largest absolute Gasteiger partial charge is 0.495 e. The molecule has 182 valence electrons. The maximum absolute atomic E-state index is 12.6. The Morgan fingerprint density at radius 3 is 2.26 bits per heavy atom. The number of carbonyl (C=O) groups excluding carboxylic acids is 2. The standard InChI is InChI=1S/C26H28BrN5O3/c1-18-7-12-24(35-2)23(17-18)29-25(33)28-19-8-10-20(11-9-19)31-13-15-32(16-14-31)26(34)30-22-6-4-3-5-21(22)27/h3-12,17H,13-16H2,1-2H3,(H,30,34)(H2,28,29,33). The van der Waals surface area contributed by atoms with E-state index in [4.69, 9.17) is 4.74 Å². The van der Waals surface area contributed by atoms with Crippen molar-refractivity contribution in [1.82, 2.24) is 4.90 Å². The van der Waals surface area contributed by atoms with E-state index in [1.807, 2.05) is 78.6 Å². The van der Waals surface area contributed by atoms with Crippen LogP contribution in [-0.4, -0.2) is 50.3 Å².